The van der Waals surface area contributed by atoms with Crippen molar-refractivity contribution in [3.05, 3.63) is 54.4 Å². The van der Waals surface area contributed by atoms with Gasteiger partial charge >= 0.3 is 0 Å². The Bertz CT molecular complexity index is 573. The maximum Gasteiger partial charge on any atom is 0.267 e. The summed E-state index contributed by atoms with van der Waals surface area (Å²) in [6.45, 7) is 0. The van der Waals surface area contributed by atoms with Crippen molar-refractivity contribution in [1.82, 2.24) is 3.97 Å². The summed E-state index contributed by atoms with van der Waals surface area (Å²) in [5.41, 5.74) is 1.12. The molecule has 5 heteroatoms. The lowest BCUT2D eigenvalue weighted by Gasteiger charge is -2.06. The lowest BCUT2D eigenvalue weighted by molar-refractivity contribution is 0.587. The fourth-order valence-electron chi connectivity index (χ4n) is 1.54. The first kappa shape index (κ1) is 12.4. The Balaban J connectivity index is 2.35. The van der Waals surface area contributed by atoms with Gasteiger partial charge in [0.15, 0.2) is 0 Å². The molecule has 0 saturated heterocycles. The number of aromatic nitrogens is 1. The molecule has 0 radical (unpaired) electrons. The Morgan fingerprint density at radius 3 is 2.18 bits per heavy atom. The zero-order valence-electron chi connectivity index (χ0n) is 9.08. The van der Waals surface area contributed by atoms with Gasteiger partial charge in [-0.2, -0.15) is 0 Å². The summed E-state index contributed by atoms with van der Waals surface area (Å²) in [7, 11) is -3.42. The molecule has 0 spiro atoms. The van der Waals surface area contributed by atoms with Crippen molar-refractivity contribution in [2.24, 2.45) is 0 Å². The molecular formula is C12H12BrNO2S. The molecule has 17 heavy (non-hydrogen) atoms. The molecule has 1 heterocycles. The normalized spacial score (nSPS) is 11.6. The number of benzene rings is 1. The van der Waals surface area contributed by atoms with Crippen LogP contribution in [0.15, 0.2) is 53.7 Å². The van der Waals surface area contributed by atoms with Gasteiger partial charge in [0.25, 0.3) is 10.0 Å². The van der Waals surface area contributed by atoms with E-state index in [-0.39, 0.29) is 0 Å². The molecule has 2 rings (SSSR count). The molecule has 0 amide bonds. The van der Waals surface area contributed by atoms with Crippen LogP contribution in [0.1, 0.15) is 5.56 Å². The third kappa shape index (κ3) is 2.61. The first-order chi connectivity index (χ1) is 8.14. The molecular weight excluding hydrogens is 302 g/mol. The van der Waals surface area contributed by atoms with E-state index in [1.807, 2.05) is 12.1 Å². The van der Waals surface area contributed by atoms with Crippen LogP contribution in [-0.2, 0) is 16.4 Å². The number of rotatable bonds is 4. The van der Waals surface area contributed by atoms with Gasteiger partial charge in [-0.25, -0.2) is 12.4 Å². The lowest BCUT2D eigenvalue weighted by Crippen LogP contribution is -2.10. The molecule has 0 saturated carbocycles. The highest BCUT2D eigenvalue weighted by Gasteiger charge is 2.14. The lowest BCUT2D eigenvalue weighted by atomic mass is 10.2. The minimum atomic E-state index is -3.42. The van der Waals surface area contributed by atoms with Gasteiger partial charge in [0.1, 0.15) is 0 Å². The molecule has 0 N–H and O–H groups in total. The van der Waals surface area contributed by atoms with Crippen molar-refractivity contribution in [3.8, 4) is 0 Å². The van der Waals surface area contributed by atoms with Crippen LogP contribution in [-0.4, -0.2) is 17.7 Å². The number of halogens is 1. The van der Waals surface area contributed by atoms with E-state index in [2.05, 4.69) is 15.9 Å². The molecule has 0 bridgehead atoms. The van der Waals surface area contributed by atoms with Crippen molar-refractivity contribution in [2.75, 3.05) is 5.33 Å². The van der Waals surface area contributed by atoms with E-state index in [0.717, 1.165) is 17.3 Å². The van der Waals surface area contributed by atoms with Crippen LogP contribution < -0.4 is 0 Å². The summed E-state index contributed by atoms with van der Waals surface area (Å²) in [6, 6.07) is 10.4. The predicted molar refractivity (Wildman–Crippen MR) is 71.0 cm³/mol. The van der Waals surface area contributed by atoms with Gasteiger partial charge in [0.05, 0.1) is 4.90 Å². The van der Waals surface area contributed by atoms with Gasteiger partial charge in [-0.3, -0.25) is 0 Å². The maximum atomic E-state index is 12.1. The highest BCUT2D eigenvalue weighted by Crippen LogP contribution is 2.15. The molecule has 2 aromatic rings. The third-order valence-corrected chi connectivity index (χ3v) is 4.52. The highest BCUT2D eigenvalue weighted by atomic mass is 79.9. The number of hydrogen-bond donors (Lipinski definition) is 0. The highest BCUT2D eigenvalue weighted by molar-refractivity contribution is 9.09. The first-order valence-electron chi connectivity index (χ1n) is 5.18. The van der Waals surface area contributed by atoms with E-state index in [1.54, 1.807) is 24.3 Å². The largest absolute Gasteiger partial charge is 0.267 e. The van der Waals surface area contributed by atoms with Crippen molar-refractivity contribution in [3.63, 3.8) is 0 Å². The van der Waals surface area contributed by atoms with Gasteiger partial charge in [-0.05, 0) is 36.2 Å². The fourth-order valence-corrected chi connectivity index (χ4v) is 3.18. The van der Waals surface area contributed by atoms with Gasteiger partial charge in [-0.15, -0.1) is 0 Å². The smallest absolute Gasteiger partial charge is 0.249 e. The quantitative estimate of drug-likeness (QED) is 0.814. The average Bonchev–Trinajstić information content (AvgIpc) is 2.84. The van der Waals surface area contributed by atoms with E-state index in [0.29, 0.717) is 4.90 Å². The van der Waals surface area contributed by atoms with E-state index < -0.39 is 10.0 Å². The van der Waals surface area contributed by atoms with Gasteiger partial charge < -0.3 is 0 Å². The molecule has 0 fully saturated rings. The SMILES string of the molecule is O=S(=O)(c1ccc(CCBr)cc1)n1cccc1. The summed E-state index contributed by atoms with van der Waals surface area (Å²) in [4.78, 5) is 0.312. The molecule has 0 aliphatic heterocycles. The molecule has 3 nitrogen and oxygen atoms in total. The zero-order chi connectivity index (χ0) is 12.3. The number of nitrogens with zero attached hydrogens (tertiary/aromatic N) is 1. The number of aryl methyl sites for hydroxylation is 1. The van der Waals surface area contributed by atoms with Gasteiger partial charge in [0.2, 0.25) is 0 Å². The van der Waals surface area contributed by atoms with Crippen molar-refractivity contribution in [2.45, 2.75) is 11.3 Å². The molecule has 0 atom stereocenters. The van der Waals surface area contributed by atoms with Crippen LogP contribution in [0.2, 0.25) is 0 Å². The minimum absolute atomic E-state index is 0.312. The molecule has 0 aliphatic carbocycles. The van der Waals surface area contributed by atoms with Crippen LogP contribution >= 0.6 is 15.9 Å². The average molecular weight is 314 g/mol. The molecule has 1 aromatic carbocycles. The standard InChI is InChI=1S/C12H12BrNO2S/c13-8-7-11-3-5-12(6-4-11)17(15,16)14-9-1-2-10-14/h1-6,9-10H,7-8H2. The monoisotopic (exact) mass is 313 g/mol. The van der Waals surface area contributed by atoms with Crippen LogP contribution in [0.5, 0.6) is 0 Å². The van der Waals surface area contributed by atoms with Crippen molar-refractivity contribution < 1.29 is 8.42 Å². The zero-order valence-corrected chi connectivity index (χ0v) is 11.5. The summed E-state index contributed by atoms with van der Waals surface area (Å²) in [5.74, 6) is 0. The minimum Gasteiger partial charge on any atom is -0.249 e. The topological polar surface area (TPSA) is 39.1 Å². The summed E-state index contributed by atoms with van der Waals surface area (Å²) in [6.07, 6.45) is 3.95. The van der Waals surface area contributed by atoms with Crippen LogP contribution in [0.4, 0.5) is 0 Å². The second-order valence-corrected chi connectivity index (χ2v) is 6.24. The van der Waals surface area contributed by atoms with E-state index >= 15 is 0 Å². The van der Waals surface area contributed by atoms with Crippen LogP contribution in [0, 0.1) is 0 Å². The second kappa shape index (κ2) is 5.06. The molecule has 90 valence electrons. The van der Waals surface area contributed by atoms with E-state index in [9.17, 15) is 8.42 Å². The maximum absolute atomic E-state index is 12.1. The number of alkyl halides is 1. The van der Waals surface area contributed by atoms with Crippen molar-refractivity contribution in [1.29, 1.82) is 0 Å². The van der Waals surface area contributed by atoms with E-state index in [4.69, 9.17) is 0 Å². The summed E-state index contributed by atoms with van der Waals surface area (Å²) >= 11 is 3.35. The van der Waals surface area contributed by atoms with Gasteiger partial charge in [-0.1, -0.05) is 28.1 Å². The predicted octanol–water partition coefficient (Wildman–Crippen LogP) is 2.66. The second-order valence-electron chi connectivity index (χ2n) is 3.60. The Hall–Kier alpha value is -1.07. The Morgan fingerprint density at radius 1 is 1.06 bits per heavy atom. The van der Waals surface area contributed by atoms with Crippen molar-refractivity contribution >= 4 is 26.0 Å². The van der Waals surface area contributed by atoms with Gasteiger partial charge in [0, 0.05) is 17.7 Å². The molecule has 0 aliphatic rings. The summed E-state index contributed by atoms with van der Waals surface area (Å²) < 4.78 is 25.5. The Labute approximate surface area is 109 Å². The molecule has 1 aromatic heterocycles. The van der Waals surface area contributed by atoms with Crippen LogP contribution in [0.25, 0.3) is 0 Å². The Morgan fingerprint density at radius 2 is 1.65 bits per heavy atom. The Kier molecular flexibility index (Phi) is 3.69. The summed E-state index contributed by atoms with van der Waals surface area (Å²) in [5, 5.41) is 0.872. The third-order valence-electron chi connectivity index (χ3n) is 2.46. The molecule has 0 unspecified atom stereocenters. The van der Waals surface area contributed by atoms with Crippen LogP contribution in [0.3, 0.4) is 0 Å². The van der Waals surface area contributed by atoms with E-state index in [1.165, 1.54) is 16.4 Å². The first-order valence-corrected chi connectivity index (χ1v) is 7.74. The number of hydrogen-bond acceptors (Lipinski definition) is 2. The fraction of sp³-hybridized carbons (Fsp3) is 0.167.